The third-order valence-electron chi connectivity index (χ3n) is 2.52. The van der Waals surface area contributed by atoms with Gasteiger partial charge in [-0.25, -0.2) is 0 Å². The van der Waals surface area contributed by atoms with Crippen molar-refractivity contribution in [2.24, 2.45) is 0 Å². The Morgan fingerprint density at radius 2 is 2.06 bits per heavy atom. The Hall–Kier alpha value is -1.90. The van der Waals surface area contributed by atoms with E-state index in [9.17, 15) is 4.79 Å². The molecule has 3 nitrogen and oxygen atoms in total. The molecule has 82 valence electrons. The van der Waals surface area contributed by atoms with Crippen molar-refractivity contribution < 1.29 is 9.90 Å². The van der Waals surface area contributed by atoms with Crippen LogP contribution in [0.3, 0.4) is 0 Å². The van der Waals surface area contributed by atoms with Crippen LogP contribution in [-0.4, -0.2) is 16.1 Å². The molecule has 0 aliphatic rings. The summed E-state index contributed by atoms with van der Waals surface area (Å²) in [6.45, 7) is 4.03. The molecular formula is C13H13NO2. The zero-order valence-electron chi connectivity index (χ0n) is 9.32. The molecule has 0 saturated heterocycles. The number of aromatic nitrogens is 1. The fraction of sp³-hybridized carbons (Fsp3) is 0.231. The molecule has 0 aliphatic carbocycles. The summed E-state index contributed by atoms with van der Waals surface area (Å²) in [5.41, 5.74) is 3.77. The van der Waals surface area contributed by atoms with E-state index in [2.05, 4.69) is 17.1 Å². The first kappa shape index (κ1) is 10.6. The second kappa shape index (κ2) is 3.93. The van der Waals surface area contributed by atoms with Gasteiger partial charge in [0.2, 0.25) is 0 Å². The summed E-state index contributed by atoms with van der Waals surface area (Å²) in [6, 6.07) is 7.82. The van der Waals surface area contributed by atoms with Crippen molar-refractivity contribution in [1.82, 2.24) is 4.98 Å². The summed E-state index contributed by atoms with van der Waals surface area (Å²) in [5, 5.41) is 9.77. The molecule has 0 saturated carbocycles. The van der Waals surface area contributed by atoms with Crippen LogP contribution in [0, 0.1) is 13.8 Å². The van der Waals surface area contributed by atoms with E-state index in [4.69, 9.17) is 5.11 Å². The molecule has 0 atom stereocenters. The van der Waals surface area contributed by atoms with Crippen molar-refractivity contribution in [1.29, 1.82) is 0 Å². The predicted octanol–water partition coefficient (Wildman–Crippen LogP) is 2.48. The number of hydrogen-bond acceptors (Lipinski definition) is 2. The zero-order chi connectivity index (χ0) is 11.7. The molecule has 0 aliphatic heterocycles. The van der Waals surface area contributed by atoms with E-state index in [-0.39, 0.29) is 6.42 Å². The lowest BCUT2D eigenvalue weighted by molar-refractivity contribution is -0.136. The lowest BCUT2D eigenvalue weighted by Gasteiger charge is -2.05. The number of aryl methyl sites for hydroxylation is 2. The number of rotatable bonds is 2. The first-order valence-corrected chi connectivity index (χ1v) is 5.15. The van der Waals surface area contributed by atoms with Crippen LogP contribution in [0.5, 0.6) is 0 Å². The van der Waals surface area contributed by atoms with Gasteiger partial charge in [-0.3, -0.25) is 9.78 Å². The Balaban J connectivity index is 2.57. The van der Waals surface area contributed by atoms with Crippen LogP contribution < -0.4 is 0 Å². The molecule has 0 spiro atoms. The zero-order valence-corrected chi connectivity index (χ0v) is 9.32. The molecule has 0 fully saturated rings. The minimum absolute atomic E-state index is 0.0245. The van der Waals surface area contributed by atoms with Crippen LogP contribution in [0.2, 0.25) is 0 Å². The van der Waals surface area contributed by atoms with Crippen LogP contribution in [0.1, 0.15) is 16.8 Å². The van der Waals surface area contributed by atoms with E-state index in [0.717, 1.165) is 16.5 Å². The Kier molecular flexibility index (Phi) is 2.60. The van der Waals surface area contributed by atoms with Crippen LogP contribution >= 0.6 is 0 Å². The van der Waals surface area contributed by atoms with Gasteiger partial charge in [-0.1, -0.05) is 17.7 Å². The molecule has 0 radical (unpaired) electrons. The van der Waals surface area contributed by atoms with Gasteiger partial charge >= 0.3 is 5.97 Å². The minimum atomic E-state index is -0.850. The normalized spacial score (nSPS) is 10.6. The average Bonchev–Trinajstić information content (AvgIpc) is 2.18. The SMILES string of the molecule is Cc1cc(C)c2nc(CC(=O)O)ccc2c1. The molecule has 3 heteroatoms. The van der Waals surface area contributed by atoms with E-state index in [1.165, 1.54) is 5.56 Å². The van der Waals surface area contributed by atoms with Crippen molar-refractivity contribution in [2.75, 3.05) is 0 Å². The Morgan fingerprint density at radius 1 is 1.31 bits per heavy atom. The number of aliphatic carboxylic acids is 1. The molecule has 2 rings (SSSR count). The highest BCUT2D eigenvalue weighted by atomic mass is 16.4. The van der Waals surface area contributed by atoms with Crippen LogP contribution in [0.15, 0.2) is 24.3 Å². The molecule has 2 aromatic rings. The van der Waals surface area contributed by atoms with Gasteiger partial charge in [0.15, 0.2) is 0 Å². The number of hydrogen-bond donors (Lipinski definition) is 1. The van der Waals surface area contributed by atoms with Crippen molar-refractivity contribution in [2.45, 2.75) is 20.3 Å². The van der Waals surface area contributed by atoms with E-state index < -0.39 is 5.97 Å². The molecular weight excluding hydrogens is 202 g/mol. The summed E-state index contributed by atoms with van der Waals surface area (Å²) in [5.74, 6) is -0.850. The monoisotopic (exact) mass is 215 g/mol. The molecule has 16 heavy (non-hydrogen) atoms. The second-order valence-electron chi connectivity index (χ2n) is 4.03. The molecule has 1 aromatic carbocycles. The lowest BCUT2D eigenvalue weighted by atomic mass is 10.1. The topological polar surface area (TPSA) is 50.2 Å². The van der Waals surface area contributed by atoms with E-state index >= 15 is 0 Å². The number of carbonyl (C=O) groups is 1. The van der Waals surface area contributed by atoms with Gasteiger partial charge in [0.25, 0.3) is 0 Å². The first-order chi connectivity index (χ1) is 7.56. The quantitative estimate of drug-likeness (QED) is 0.837. The minimum Gasteiger partial charge on any atom is -0.481 e. The van der Waals surface area contributed by atoms with Gasteiger partial charge in [0.1, 0.15) is 0 Å². The molecule has 1 N–H and O–H groups in total. The van der Waals surface area contributed by atoms with Gasteiger partial charge in [-0.2, -0.15) is 0 Å². The number of carboxylic acids is 1. The van der Waals surface area contributed by atoms with E-state index in [1.807, 2.05) is 19.9 Å². The fourth-order valence-corrected chi connectivity index (χ4v) is 1.89. The van der Waals surface area contributed by atoms with Crippen molar-refractivity contribution in [3.8, 4) is 0 Å². The fourth-order valence-electron chi connectivity index (χ4n) is 1.89. The molecule has 0 amide bonds. The predicted molar refractivity (Wildman–Crippen MR) is 62.6 cm³/mol. The largest absolute Gasteiger partial charge is 0.481 e. The summed E-state index contributed by atoms with van der Waals surface area (Å²) in [4.78, 5) is 15.0. The number of nitrogens with zero attached hydrogens (tertiary/aromatic N) is 1. The summed E-state index contributed by atoms with van der Waals surface area (Å²) < 4.78 is 0. The summed E-state index contributed by atoms with van der Waals surface area (Å²) >= 11 is 0. The number of carboxylic acid groups (broad SMARTS) is 1. The molecule has 1 heterocycles. The average molecular weight is 215 g/mol. The van der Waals surface area contributed by atoms with E-state index in [0.29, 0.717) is 5.69 Å². The van der Waals surface area contributed by atoms with Gasteiger partial charge in [0.05, 0.1) is 17.6 Å². The maximum atomic E-state index is 10.6. The highest BCUT2D eigenvalue weighted by Gasteiger charge is 2.05. The summed E-state index contributed by atoms with van der Waals surface area (Å²) in [6.07, 6.45) is -0.0245. The van der Waals surface area contributed by atoms with Gasteiger partial charge in [-0.05, 0) is 31.5 Å². The highest BCUT2D eigenvalue weighted by molar-refractivity contribution is 5.83. The lowest BCUT2D eigenvalue weighted by Crippen LogP contribution is -2.02. The Bertz CT molecular complexity index is 561. The van der Waals surface area contributed by atoms with Crippen molar-refractivity contribution in [3.63, 3.8) is 0 Å². The standard InChI is InChI=1S/C13H13NO2/c1-8-5-9(2)13-10(6-8)3-4-11(14-13)7-12(15)16/h3-6H,7H2,1-2H3,(H,15,16). The third-order valence-corrected chi connectivity index (χ3v) is 2.52. The van der Waals surface area contributed by atoms with Crippen LogP contribution in [0.4, 0.5) is 0 Å². The number of pyridine rings is 1. The number of fused-ring (bicyclic) bond motifs is 1. The van der Waals surface area contributed by atoms with Gasteiger partial charge in [-0.15, -0.1) is 0 Å². The number of benzene rings is 1. The van der Waals surface area contributed by atoms with Crippen molar-refractivity contribution >= 4 is 16.9 Å². The van der Waals surface area contributed by atoms with Gasteiger partial charge in [0, 0.05) is 5.39 Å². The summed E-state index contributed by atoms with van der Waals surface area (Å²) in [7, 11) is 0. The van der Waals surface area contributed by atoms with Crippen LogP contribution in [-0.2, 0) is 11.2 Å². The molecule has 1 aromatic heterocycles. The van der Waals surface area contributed by atoms with E-state index in [1.54, 1.807) is 6.07 Å². The smallest absolute Gasteiger partial charge is 0.309 e. The maximum absolute atomic E-state index is 10.6. The molecule has 0 unspecified atom stereocenters. The Labute approximate surface area is 93.7 Å². The Morgan fingerprint density at radius 3 is 2.75 bits per heavy atom. The second-order valence-corrected chi connectivity index (χ2v) is 4.03. The van der Waals surface area contributed by atoms with Crippen LogP contribution in [0.25, 0.3) is 10.9 Å². The maximum Gasteiger partial charge on any atom is 0.309 e. The molecule has 0 bridgehead atoms. The van der Waals surface area contributed by atoms with Crippen molar-refractivity contribution in [3.05, 3.63) is 41.1 Å². The highest BCUT2D eigenvalue weighted by Crippen LogP contribution is 2.19. The third kappa shape index (κ3) is 2.03. The first-order valence-electron chi connectivity index (χ1n) is 5.15. The van der Waals surface area contributed by atoms with Gasteiger partial charge < -0.3 is 5.11 Å².